The SMILES string of the molecule is Cc1cc(C(=O)N2CCC(O)C2)c(C)o1. The molecule has 1 aliphatic heterocycles. The van der Waals surface area contributed by atoms with E-state index in [1.54, 1.807) is 17.9 Å². The third-order valence-electron chi connectivity index (χ3n) is 2.72. The van der Waals surface area contributed by atoms with E-state index in [0.717, 1.165) is 5.76 Å². The van der Waals surface area contributed by atoms with Gasteiger partial charge < -0.3 is 14.4 Å². The lowest BCUT2D eigenvalue weighted by atomic mass is 10.2. The van der Waals surface area contributed by atoms with Gasteiger partial charge in [0.15, 0.2) is 0 Å². The van der Waals surface area contributed by atoms with E-state index in [0.29, 0.717) is 30.8 Å². The Morgan fingerprint density at radius 1 is 1.60 bits per heavy atom. The molecule has 0 saturated carbocycles. The third-order valence-corrected chi connectivity index (χ3v) is 2.72. The van der Waals surface area contributed by atoms with E-state index >= 15 is 0 Å². The van der Waals surface area contributed by atoms with Gasteiger partial charge in [-0.2, -0.15) is 0 Å². The van der Waals surface area contributed by atoms with Gasteiger partial charge in [-0.05, 0) is 26.3 Å². The molecule has 0 spiro atoms. The van der Waals surface area contributed by atoms with Crippen molar-refractivity contribution in [2.24, 2.45) is 0 Å². The minimum Gasteiger partial charge on any atom is -0.466 e. The topological polar surface area (TPSA) is 53.7 Å². The summed E-state index contributed by atoms with van der Waals surface area (Å²) in [5.74, 6) is 1.36. The Hall–Kier alpha value is -1.29. The van der Waals surface area contributed by atoms with E-state index in [2.05, 4.69) is 0 Å². The standard InChI is InChI=1S/C11H15NO3/c1-7-5-10(8(2)15-7)11(14)12-4-3-9(13)6-12/h5,9,13H,3-4,6H2,1-2H3. The van der Waals surface area contributed by atoms with Crippen molar-refractivity contribution < 1.29 is 14.3 Å². The first-order valence-electron chi connectivity index (χ1n) is 5.12. The van der Waals surface area contributed by atoms with E-state index in [1.807, 2.05) is 6.92 Å². The molecule has 1 aromatic heterocycles. The van der Waals surface area contributed by atoms with Crippen LogP contribution < -0.4 is 0 Å². The highest BCUT2D eigenvalue weighted by atomic mass is 16.3. The molecule has 0 bridgehead atoms. The molecule has 15 heavy (non-hydrogen) atoms. The number of aliphatic hydroxyl groups excluding tert-OH is 1. The maximum Gasteiger partial charge on any atom is 0.257 e. The Bertz CT molecular complexity index is 383. The van der Waals surface area contributed by atoms with Crippen LogP contribution in [0.15, 0.2) is 10.5 Å². The molecule has 0 aliphatic carbocycles. The summed E-state index contributed by atoms with van der Waals surface area (Å²) in [6, 6.07) is 1.75. The molecule has 1 amide bonds. The number of likely N-dealkylation sites (tertiary alicyclic amines) is 1. The summed E-state index contributed by atoms with van der Waals surface area (Å²) in [7, 11) is 0. The summed E-state index contributed by atoms with van der Waals surface area (Å²) in [5.41, 5.74) is 0.613. The number of aliphatic hydroxyl groups is 1. The van der Waals surface area contributed by atoms with E-state index in [4.69, 9.17) is 4.42 Å². The quantitative estimate of drug-likeness (QED) is 0.753. The van der Waals surface area contributed by atoms with Crippen LogP contribution in [0.25, 0.3) is 0 Å². The van der Waals surface area contributed by atoms with E-state index < -0.39 is 0 Å². The van der Waals surface area contributed by atoms with Crippen molar-refractivity contribution in [2.45, 2.75) is 26.4 Å². The van der Waals surface area contributed by atoms with Gasteiger partial charge in [-0.25, -0.2) is 0 Å². The number of carbonyl (C=O) groups excluding carboxylic acids is 1. The molecule has 1 atom stereocenters. The summed E-state index contributed by atoms with van der Waals surface area (Å²) in [6.07, 6.45) is 0.295. The van der Waals surface area contributed by atoms with Crippen LogP contribution in [0, 0.1) is 13.8 Å². The minimum atomic E-state index is -0.373. The summed E-state index contributed by atoms with van der Waals surface area (Å²) in [6.45, 7) is 4.67. The van der Waals surface area contributed by atoms with Crippen molar-refractivity contribution in [3.05, 3.63) is 23.2 Å². The fourth-order valence-corrected chi connectivity index (χ4v) is 1.94. The first-order chi connectivity index (χ1) is 7.08. The molecule has 1 N–H and O–H groups in total. The number of carbonyl (C=O) groups is 1. The number of aryl methyl sites for hydroxylation is 2. The van der Waals surface area contributed by atoms with Crippen molar-refractivity contribution in [2.75, 3.05) is 13.1 Å². The zero-order chi connectivity index (χ0) is 11.0. The molecule has 1 aliphatic rings. The predicted molar refractivity (Wildman–Crippen MR) is 54.7 cm³/mol. The van der Waals surface area contributed by atoms with Crippen LogP contribution in [-0.2, 0) is 0 Å². The summed E-state index contributed by atoms with van der Waals surface area (Å²) in [4.78, 5) is 13.7. The van der Waals surface area contributed by atoms with Gasteiger partial charge in [-0.1, -0.05) is 0 Å². The molecule has 4 heteroatoms. The molecule has 4 nitrogen and oxygen atoms in total. The summed E-state index contributed by atoms with van der Waals surface area (Å²) >= 11 is 0. The summed E-state index contributed by atoms with van der Waals surface area (Å²) in [5, 5.41) is 9.35. The molecular weight excluding hydrogens is 194 g/mol. The first kappa shape index (κ1) is 10.2. The molecule has 0 radical (unpaired) electrons. The zero-order valence-electron chi connectivity index (χ0n) is 8.99. The molecule has 0 aromatic carbocycles. The van der Waals surface area contributed by atoms with Gasteiger partial charge >= 0.3 is 0 Å². The lowest BCUT2D eigenvalue weighted by Crippen LogP contribution is -2.29. The van der Waals surface area contributed by atoms with Gasteiger partial charge in [-0.3, -0.25) is 4.79 Å². The van der Waals surface area contributed by atoms with Crippen molar-refractivity contribution >= 4 is 5.91 Å². The normalized spacial score (nSPS) is 21.0. The second-order valence-electron chi connectivity index (χ2n) is 4.02. The van der Waals surface area contributed by atoms with Crippen LogP contribution in [-0.4, -0.2) is 35.1 Å². The fraction of sp³-hybridized carbons (Fsp3) is 0.545. The van der Waals surface area contributed by atoms with Crippen molar-refractivity contribution in [3.8, 4) is 0 Å². The van der Waals surface area contributed by atoms with Crippen LogP contribution >= 0.6 is 0 Å². The Morgan fingerprint density at radius 2 is 2.33 bits per heavy atom. The van der Waals surface area contributed by atoms with Gasteiger partial charge in [0.2, 0.25) is 0 Å². The number of rotatable bonds is 1. The maximum atomic E-state index is 12.0. The van der Waals surface area contributed by atoms with E-state index in [1.165, 1.54) is 0 Å². The second-order valence-corrected chi connectivity index (χ2v) is 4.02. The van der Waals surface area contributed by atoms with E-state index in [9.17, 15) is 9.90 Å². The number of nitrogens with zero attached hydrogens (tertiary/aromatic N) is 1. The number of hydrogen-bond donors (Lipinski definition) is 1. The average molecular weight is 209 g/mol. The van der Waals surface area contributed by atoms with Crippen LogP contribution in [0.2, 0.25) is 0 Å². The zero-order valence-corrected chi connectivity index (χ0v) is 8.99. The molecule has 82 valence electrons. The highest BCUT2D eigenvalue weighted by Gasteiger charge is 2.27. The average Bonchev–Trinajstić information content (AvgIpc) is 2.71. The lowest BCUT2D eigenvalue weighted by Gasteiger charge is -2.14. The Balaban J connectivity index is 2.17. The second kappa shape index (κ2) is 3.70. The number of furan rings is 1. The fourth-order valence-electron chi connectivity index (χ4n) is 1.94. The third kappa shape index (κ3) is 1.90. The molecule has 2 heterocycles. The lowest BCUT2D eigenvalue weighted by molar-refractivity contribution is 0.0763. The highest BCUT2D eigenvalue weighted by Crippen LogP contribution is 2.19. The van der Waals surface area contributed by atoms with Crippen molar-refractivity contribution in [3.63, 3.8) is 0 Å². The van der Waals surface area contributed by atoms with Crippen LogP contribution in [0.5, 0.6) is 0 Å². The van der Waals surface area contributed by atoms with E-state index in [-0.39, 0.29) is 12.0 Å². The number of amides is 1. The first-order valence-corrected chi connectivity index (χ1v) is 5.12. The Morgan fingerprint density at radius 3 is 2.80 bits per heavy atom. The Labute approximate surface area is 88.5 Å². The molecule has 1 saturated heterocycles. The number of hydrogen-bond acceptors (Lipinski definition) is 3. The minimum absolute atomic E-state index is 0.0408. The van der Waals surface area contributed by atoms with Gasteiger partial charge in [0, 0.05) is 13.1 Å². The maximum absolute atomic E-state index is 12.0. The number of β-amino-alcohol motifs (C(OH)–C–C–N with tert-alkyl or cyclic N) is 1. The van der Waals surface area contributed by atoms with Gasteiger partial charge in [0.05, 0.1) is 11.7 Å². The van der Waals surface area contributed by atoms with Crippen LogP contribution in [0.3, 0.4) is 0 Å². The van der Waals surface area contributed by atoms with Gasteiger partial charge in [0.25, 0.3) is 5.91 Å². The molecular formula is C11H15NO3. The molecule has 1 unspecified atom stereocenters. The van der Waals surface area contributed by atoms with Crippen molar-refractivity contribution in [1.82, 2.24) is 4.90 Å². The monoisotopic (exact) mass is 209 g/mol. The predicted octanol–water partition coefficient (Wildman–Crippen LogP) is 1.10. The molecule has 1 aromatic rings. The van der Waals surface area contributed by atoms with Crippen molar-refractivity contribution in [1.29, 1.82) is 0 Å². The highest BCUT2D eigenvalue weighted by molar-refractivity contribution is 5.95. The summed E-state index contributed by atoms with van der Waals surface area (Å²) < 4.78 is 5.31. The largest absolute Gasteiger partial charge is 0.466 e. The molecule has 2 rings (SSSR count). The van der Waals surface area contributed by atoms with Gasteiger partial charge in [0.1, 0.15) is 11.5 Å². The van der Waals surface area contributed by atoms with Crippen LogP contribution in [0.4, 0.5) is 0 Å². The van der Waals surface area contributed by atoms with Gasteiger partial charge in [-0.15, -0.1) is 0 Å². The Kier molecular flexibility index (Phi) is 2.52. The smallest absolute Gasteiger partial charge is 0.257 e. The van der Waals surface area contributed by atoms with Crippen LogP contribution in [0.1, 0.15) is 28.3 Å². The molecule has 1 fully saturated rings.